The lowest BCUT2D eigenvalue weighted by molar-refractivity contribution is -0.120. The summed E-state index contributed by atoms with van der Waals surface area (Å²) in [4.78, 5) is 23.2. The quantitative estimate of drug-likeness (QED) is 0.625. The fraction of sp³-hybridized carbons (Fsp3) is 0.833. The van der Waals surface area contributed by atoms with Gasteiger partial charge in [-0.05, 0) is 32.1 Å². The van der Waals surface area contributed by atoms with Crippen LogP contribution in [0.5, 0.6) is 0 Å². The summed E-state index contributed by atoms with van der Waals surface area (Å²) < 4.78 is 0. The Morgan fingerprint density at radius 2 is 1.94 bits per heavy atom. The molecule has 4 heteroatoms. The first-order valence-corrected chi connectivity index (χ1v) is 6.36. The topological polar surface area (TPSA) is 49.2 Å². The second kappa shape index (κ2) is 5.32. The highest BCUT2D eigenvalue weighted by molar-refractivity contribution is 5.96. The van der Waals surface area contributed by atoms with Gasteiger partial charge in [-0.15, -0.1) is 0 Å². The van der Waals surface area contributed by atoms with Gasteiger partial charge in [0, 0.05) is 19.5 Å². The van der Waals surface area contributed by atoms with E-state index in [1.54, 1.807) is 0 Å². The van der Waals surface area contributed by atoms with Crippen molar-refractivity contribution in [2.45, 2.75) is 51.0 Å². The molecule has 1 unspecified atom stereocenters. The van der Waals surface area contributed by atoms with E-state index in [1.807, 2.05) is 4.90 Å². The van der Waals surface area contributed by atoms with Crippen molar-refractivity contribution in [2.24, 2.45) is 0 Å². The van der Waals surface area contributed by atoms with Gasteiger partial charge in [-0.25, -0.2) is 0 Å². The normalized spacial score (nSPS) is 28.2. The van der Waals surface area contributed by atoms with Crippen molar-refractivity contribution < 1.29 is 9.59 Å². The Bertz CT molecular complexity index is 252. The summed E-state index contributed by atoms with van der Waals surface area (Å²) in [6.07, 6.45) is 7.78. The Kier molecular flexibility index (Phi) is 3.80. The van der Waals surface area contributed by atoms with Crippen LogP contribution in [0.15, 0.2) is 0 Å². The maximum Gasteiger partial charge on any atom is 0.246 e. The van der Waals surface area contributed by atoms with E-state index in [1.165, 1.54) is 19.3 Å². The Labute approximate surface area is 96.4 Å². The van der Waals surface area contributed by atoms with Gasteiger partial charge >= 0.3 is 0 Å². The molecule has 0 aromatic rings. The third-order valence-electron chi connectivity index (χ3n) is 3.41. The molecule has 3 saturated heterocycles. The predicted molar refractivity (Wildman–Crippen MR) is 60.8 cm³/mol. The van der Waals surface area contributed by atoms with Crippen LogP contribution in [0.3, 0.4) is 0 Å². The average Bonchev–Trinajstić information content (AvgIpc) is 3.02. The van der Waals surface area contributed by atoms with Crippen LogP contribution in [0.4, 0.5) is 0 Å². The molecule has 0 saturated carbocycles. The molecule has 3 aliphatic heterocycles. The van der Waals surface area contributed by atoms with Gasteiger partial charge in [-0.1, -0.05) is 6.42 Å². The molecular weight excluding hydrogens is 204 g/mol. The van der Waals surface area contributed by atoms with Crippen LogP contribution in [0.1, 0.15) is 44.9 Å². The predicted octanol–water partition coefficient (Wildman–Crippen LogP) is 1.06. The number of fused-ring (bicyclic) bond motifs is 1. The number of amides is 2. The van der Waals surface area contributed by atoms with Gasteiger partial charge in [0.05, 0.1) is 0 Å². The van der Waals surface area contributed by atoms with Gasteiger partial charge in [0.1, 0.15) is 6.04 Å². The van der Waals surface area contributed by atoms with Crippen molar-refractivity contribution in [3.05, 3.63) is 0 Å². The number of carbonyl (C=O) groups is 2. The molecule has 1 N–H and O–H groups in total. The summed E-state index contributed by atoms with van der Waals surface area (Å²) in [6.45, 7) is 1.92. The van der Waals surface area contributed by atoms with Crippen LogP contribution >= 0.6 is 0 Å². The highest BCUT2D eigenvalue weighted by Gasteiger charge is 2.46. The van der Waals surface area contributed by atoms with Gasteiger partial charge in [-0.2, -0.15) is 0 Å². The number of piperidine rings is 1. The first-order valence-electron chi connectivity index (χ1n) is 6.36. The van der Waals surface area contributed by atoms with E-state index in [2.05, 4.69) is 5.32 Å². The van der Waals surface area contributed by atoms with E-state index in [4.69, 9.17) is 0 Å². The largest absolute Gasteiger partial charge is 0.356 e. The molecule has 16 heavy (non-hydrogen) atoms. The Balaban J connectivity index is 0.000000120. The van der Waals surface area contributed by atoms with Gasteiger partial charge in [0.2, 0.25) is 11.8 Å². The highest BCUT2D eigenvalue weighted by atomic mass is 16.2. The smallest absolute Gasteiger partial charge is 0.246 e. The van der Waals surface area contributed by atoms with Crippen molar-refractivity contribution in [1.29, 1.82) is 0 Å². The number of hydrogen-bond acceptors (Lipinski definition) is 2. The van der Waals surface area contributed by atoms with Gasteiger partial charge in [0.25, 0.3) is 0 Å². The Morgan fingerprint density at radius 1 is 1.06 bits per heavy atom. The van der Waals surface area contributed by atoms with Crippen LogP contribution in [-0.2, 0) is 9.59 Å². The third kappa shape index (κ3) is 2.97. The van der Waals surface area contributed by atoms with E-state index in [9.17, 15) is 9.59 Å². The first kappa shape index (κ1) is 11.4. The van der Waals surface area contributed by atoms with Crippen LogP contribution in [0, 0.1) is 0 Å². The minimum Gasteiger partial charge on any atom is -0.356 e. The van der Waals surface area contributed by atoms with Crippen LogP contribution < -0.4 is 5.32 Å². The molecule has 0 spiro atoms. The number of rotatable bonds is 0. The summed E-state index contributed by atoms with van der Waals surface area (Å²) in [5.41, 5.74) is 0. The standard InChI is InChI=1S/C6H9NO.C6H11NO/c8-6-5-3-1-2-4-7(5)6;8-6-4-2-1-3-5-7-6/h5H,1-4H2;1-5H2,(H,7,8). The summed E-state index contributed by atoms with van der Waals surface area (Å²) >= 11 is 0. The number of nitrogens with zero attached hydrogens (tertiary/aromatic N) is 1. The summed E-state index contributed by atoms with van der Waals surface area (Å²) in [6, 6.07) is 0.365. The van der Waals surface area contributed by atoms with Crippen molar-refractivity contribution in [3.63, 3.8) is 0 Å². The first-order chi connectivity index (χ1) is 7.79. The van der Waals surface area contributed by atoms with Crippen LogP contribution in [-0.4, -0.2) is 35.8 Å². The SMILES string of the molecule is O=C1C2CCCCN12.O=C1CCCCCN1. The van der Waals surface area contributed by atoms with E-state index in [0.29, 0.717) is 11.9 Å². The molecule has 0 radical (unpaired) electrons. The number of carbonyl (C=O) groups excluding carboxylic acids is 2. The van der Waals surface area contributed by atoms with Gasteiger partial charge in [0.15, 0.2) is 0 Å². The molecule has 3 rings (SSSR count). The zero-order valence-electron chi connectivity index (χ0n) is 9.71. The van der Waals surface area contributed by atoms with E-state index < -0.39 is 0 Å². The zero-order valence-corrected chi connectivity index (χ0v) is 9.71. The highest BCUT2D eigenvalue weighted by Crippen LogP contribution is 2.29. The molecule has 1 atom stereocenters. The number of nitrogens with one attached hydrogen (secondary N) is 1. The summed E-state index contributed by atoms with van der Waals surface area (Å²) in [5, 5.41) is 2.81. The van der Waals surface area contributed by atoms with Crippen molar-refractivity contribution >= 4 is 11.8 Å². The molecular formula is C12H20N2O2. The Morgan fingerprint density at radius 3 is 2.62 bits per heavy atom. The van der Waals surface area contributed by atoms with E-state index in [-0.39, 0.29) is 5.91 Å². The van der Waals surface area contributed by atoms with Crippen molar-refractivity contribution in [3.8, 4) is 0 Å². The lowest BCUT2D eigenvalue weighted by atomic mass is 10.1. The fourth-order valence-electron chi connectivity index (χ4n) is 2.33. The van der Waals surface area contributed by atoms with Crippen molar-refractivity contribution in [1.82, 2.24) is 10.2 Å². The molecule has 0 aromatic carbocycles. The van der Waals surface area contributed by atoms with Crippen LogP contribution in [0.2, 0.25) is 0 Å². The molecule has 3 fully saturated rings. The van der Waals surface area contributed by atoms with Crippen LogP contribution in [0.25, 0.3) is 0 Å². The minimum absolute atomic E-state index is 0.225. The second-order valence-corrected chi connectivity index (χ2v) is 4.70. The molecule has 0 aromatic heterocycles. The molecule has 3 aliphatic rings. The Hall–Kier alpha value is -1.06. The summed E-state index contributed by atoms with van der Waals surface area (Å²) in [5.74, 6) is 0.616. The maximum atomic E-state index is 10.6. The van der Waals surface area contributed by atoms with E-state index in [0.717, 1.165) is 38.8 Å². The second-order valence-electron chi connectivity index (χ2n) is 4.70. The molecule has 4 nitrogen and oxygen atoms in total. The summed E-state index contributed by atoms with van der Waals surface area (Å²) in [7, 11) is 0. The molecule has 3 heterocycles. The van der Waals surface area contributed by atoms with Gasteiger partial charge < -0.3 is 10.2 Å². The average molecular weight is 224 g/mol. The van der Waals surface area contributed by atoms with Crippen molar-refractivity contribution in [2.75, 3.05) is 13.1 Å². The third-order valence-corrected chi connectivity index (χ3v) is 3.41. The molecule has 2 amide bonds. The fourth-order valence-corrected chi connectivity index (χ4v) is 2.33. The van der Waals surface area contributed by atoms with E-state index >= 15 is 0 Å². The molecule has 0 aliphatic carbocycles. The number of hydrogen-bond donors (Lipinski definition) is 1. The molecule has 90 valence electrons. The van der Waals surface area contributed by atoms with Gasteiger partial charge in [-0.3, -0.25) is 9.59 Å². The lowest BCUT2D eigenvalue weighted by Crippen LogP contribution is -2.21. The zero-order chi connectivity index (χ0) is 11.4. The monoisotopic (exact) mass is 224 g/mol. The minimum atomic E-state index is 0.225. The lowest BCUT2D eigenvalue weighted by Gasteiger charge is -2.06. The maximum absolute atomic E-state index is 10.6. The molecule has 0 bridgehead atoms.